The van der Waals surface area contributed by atoms with Crippen LogP contribution in [0.4, 0.5) is 4.39 Å². The van der Waals surface area contributed by atoms with Crippen LogP contribution >= 0.6 is 15.9 Å². The Hall–Kier alpha value is -1.20. The Morgan fingerprint density at radius 3 is 2.83 bits per heavy atom. The average molecular weight is 312 g/mol. The van der Waals surface area contributed by atoms with Gasteiger partial charge in [-0.05, 0) is 31.7 Å². The van der Waals surface area contributed by atoms with Crippen molar-refractivity contribution in [3.63, 3.8) is 0 Å². The Morgan fingerprint density at radius 2 is 2.17 bits per heavy atom. The van der Waals surface area contributed by atoms with E-state index in [1.807, 2.05) is 18.5 Å². The molecule has 0 saturated heterocycles. The van der Waals surface area contributed by atoms with Crippen LogP contribution in [0.2, 0.25) is 0 Å². The van der Waals surface area contributed by atoms with E-state index < -0.39 is 0 Å². The highest BCUT2D eigenvalue weighted by Gasteiger charge is 2.15. The molecule has 2 aromatic rings. The molecule has 0 bridgehead atoms. The Labute approximate surface area is 114 Å². The van der Waals surface area contributed by atoms with Gasteiger partial charge in [-0.25, -0.2) is 9.37 Å². The van der Waals surface area contributed by atoms with E-state index in [-0.39, 0.29) is 5.82 Å². The molecular formula is C13H15BrFN3. The minimum absolute atomic E-state index is 0.265. The quantitative estimate of drug-likeness (QED) is 0.947. The van der Waals surface area contributed by atoms with Crippen molar-refractivity contribution in [1.29, 1.82) is 0 Å². The second-order valence-corrected chi connectivity index (χ2v) is 5.10. The zero-order valence-corrected chi connectivity index (χ0v) is 12.0. The van der Waals surface area contributed by atoms with Crippen LogP contribution in [-0.4, -0.2) is 16.1 Å². The molecule has 0 saturated carbocycles. The SMILES string of the molecule is Cc1c(-c2cc(Br)ccc2F)nc(CCN)n1C. The van der Waals surface area contributed by atoms with Crippen molar-refractivity contribution in [3.05, 3.63) is 40.0 Å². The molecule has 0 amide bonds. The van der Waals surface area contributed by atoms with Crippen LogP contribution in [0.1, 0.15) is 11.5 Å². The number of hydrogen-bond donors (Lipinski definition) is 1. The first-order valence-corrected chi connectivity index (χ1v) is 6.51. The Morgan fingerprint density at radius 1 is 1.44 bits per heavy atom. The largest absolute Gasteiger partial charge is 0.335 e. The number of nitrogens with two attached hydrogens (primary N) is 1. The van der Waals surface area contributed by atoms with Crippen molar-refractivity contribution < 1.29 is 4.39 Å². The van der Waals surface area contributed by atoms with Gasteiger partial charge in [0.25, 0.3) is 0 Å². The maximum absolute atomic E-state index is 13.9. The van der Waals surface area contributed by atoms with Crippen LogP contribution in [0.5, 0.6) is 0 Å². The summed E-state index contributed by atoms with van der Waals surface area (Å²) in [6, 6.07) is 4.87. The lowest BCUT2D eigenvalue weighted by molar-refractivity contribution is 0.630. The Kier molecular flexibility index (Phi) is 3.82. The van der Waals surface area contributed by atoms with Gasteiger partial charge in [0.15, 0.2) is 0 Å². The van der Waals surface area contributed by atoms with E-state index in [4.69, 9.17) is 5.73 Å². The molecule has 0 fully saturated rings. The highest BCUT2D eigenvalue weighted by atomic mass is 79.9. The topological polar surface area (TPSA) is 43.8 Å². The van der Waals surface area contributed by atoms with E-state index in [9.17, 15) is 4.39 Å². The van der Waals surface area contributed by atoms with Crippen LogP contribution < -0.4 is 5.73 Å². The standard InChI is InChI=1S/C13H15BrFN3/c1-8-13(17-12(5-6-16)18(8)2)10-7-9(14)3-4-11(10)15/h3-4,7H,5-6,16H2,1-2H3. The number of rotatable bonds is 3. The van der Waals surface area contributed by atoms with E-state index in [0.717, 1.165) is 16.0 Å². The van der Waals surface area contributed by atoms with E-state index in [0.29, 0.717) is 24.2 Å². The lowest BCUT2D eigenvalue weighted by atomic mass is 10.1. The van der Waals surface area contributed by atoms with Gasteiger partial charge in [0.2, 0.25) is 0 Å². The number of benzene rings is 1. The summed E-state index contributed by atoms with van der Waals surface area (Å²) in [6.45, 7) is 2.47. The van der Waals surface area contributed by atoms with Crippen molar-refractivity contribution in [3.8, 4) is 11.3 Å². The summed E-state index contributed by atoms with van der Waals surface area (Å²) in [5.74, 6) is 0.614. The van der Waals surface area contributed by atoms with E-state index >= 15 is 0 Å². The van der Waals surface area contributed by atoms with E-state index in [2.05, 4.69) is 20.9 Å². The number of halogens is 2. The summed E-state index contributed by atoms with van der Waals surface area (Å²) in [5.41, 5.74) is 7.68. The third-order valence-electron chi connectivity index (χ3n) is 3.03. The lowest BCUT2D eigenvalue weighted by Crippen LogP contribution is -2.08. The number of imidazole rings is 1. The summed E-state index contributed by atoms with van der Waals surface area (Å²) in [4.78, 5) is 4.49. The van der Waals surface area contributed by atoms with Crippen LogP contribution in [-0.2, 0) is 13.5 Å². The number of nitrogens with zero attached hydrogens (tertiary/aromatic N) is 2. The van der Waals surface area contributed by atoms with Gasteiger partial charge in [-0.3, -0.25) is 0 Å². The number of hydrogen-bond acceptors (Lipinski definition) is 2. The van der Waals surface area contributed by atoms with E-state index in [1.165, 1.54) is 6.07 Å². The summed E-state index contributed by atoms with van der Waals surface area (Å²) < 4.78 is 16.7. The van der Waals surface area contributed by atoms with Gasteiger partial charge in [0.05, 0.1) is 5.69 Å². The minimum Gasteiger partial charge on any atom is -0.335 e. The maximum Gasteiger partial charge on any atom is 0.132 e. The van der Waals surface area contributed by atoms with Gasteiger partial charge < -0.3 is 10.3 Å². The first kappa shape index (κ1) is 13.2. The fourth-order valence-electron chi connectivity index (χ4n) is 1.92. The third kappa shape index (κ3) is 2.33. The summed E-state index contributed by atoms with van der Waals surface area (Å²) >= 11 is 3.35. The second-order valence-electron chi connectivity index (χ2n) is 4.18. The first-order valence-electron chi connectivity index (χ1n) is 5.72. The summed E-state index contributed by atoms with van der Waals surface area (Å²) in [7, 11) is 1.92. The fourth-order valence-corrected chi connectivity index (χ4v) is 2.29. The van der Waals surface area contributed by atoms with Crippen molar-refractivity contribution in [2.24, 2.45) is 12.8 Å². The van der Waals surface area contributed by atoms with Crippen molar-refractivity contribution in [2.45, 2.75) is 13.3 Å². The molecule has 5 heteroatoms. The molecule has 2 rings (SSSR count). The minimum atomic E-state index is -0.265. The monoisotopic (exact) mass is 311 g/mol. The summed E-state index contributed by atoms with van der Waals surface area (Å²) in [6.07, 6.45) is 0.687. The van der Waals surface area contributed by atoms with Crippen LogP contribution in [0.3, 0.4) is 0 Å². The maximum atomic E-state index is 13.9. The fraction of sp³-hybridized carbons (Fsp3) is 0.308. The molecule has 0 atom stereocenters. The van der Waals surface area contributed by atoms with Crippen LogP contribution in [0.25, 0.3) is 11.3 Å². The predicted molar refractivity (Wildman–Crippen MR) is 73.8 cm³/mol. The smallest absolute Gasteiger partial charge is 0.132 e. The zero-order valence-electron chi connectivity index (χ0n) is 10.4. The molecule has 1 aromatic carbocycles. The lowest BCUT2D eigenvalue weighted by Gasteiger charge is -2.03. The molecule has 0 spiro atoms. The average Bonchev–Trinajstić information content (AvgIpc) is 2.61. The van der Waals surface area contributed by atoms with Crippen molar-refractivity contribution in [2.75, 3.05) is 6.54 Å². The molecule has 0 aliphatic carbocycles. The normalized spacial score (nSPS) is 10.9. The molecule has 0 unspecified atom stereocenters. The molecule has 0 radical (unpaired) electrons. The van der Waals surface area contributed by atoms with Crippen molar-refractivity contribution in [1.82, 2.24) is 9.55 Å². The predicted octanol–water partition coefficient (Wildman–Crippen LogP) is 2.80. The summed E-state index contributed by atoms with van der Waals surface area (Å²) in [5, 5.41) is 0. The zero-order chi connectivity index (χ0) is 13.3. The van der Waals surface area contributed by atoms with E-state index in [1.54, 1.807) is 12.1 Å². The highest BCUT2D eigenvalue weighted by Crippen LogP contribution is 2.28. The molecular weight excluding hydrogens is 297 g/mol. The van der Waals surface area contributed by atoms with Gasteiger partial charge in [0.1, 0.15) is 11.6 Å². The Balaban J connectivity index is 2.57. The first-order chi connectivity index (χ1) is 8.54. The number of aromatic nitrogens is 2. The molecule has 3 nitrogen and oxygen atoms in total. The molecule has 0 aliphatic rings. The molecule has 0 aliphatic heterocycles. The second kappa shape index (κ2) is 5.20. The molecule has 18 heavy (non-hydrogen) atoms. The van der Waals surface area contributed by atoms with Gasteiger partial charge in [-0.15, -0.1) is 0 Å². The molecule has 1 heterocycles. The van der Waals surface area contributed by atoms with Gasteiger partial charge >= 0.3 is 0 Å². The highest BCUT2D eigenvalue weighted by molar-refractivity contribution is 9.10. The molecule has 2 N–H and O–H groups in total. The van der Waals surface area contributed by atoms with Gasteiger partial charge in [-0.2, -0.15) is 0 Å². The van der Waals surface area contributed by atoms with Gasteiger partial charge in [0, 0.05) is 29.2 Å². The molecule has 1 aromatic heterocycles. The van der Waals surface area contributed by atoms with Crippen LogP contribution in [0.15, 0.2) is 22.7 Å². The van der Waals surface area contributed by atoms with Crippen molar-refractivity contribution >= 4 is 15.9 Å². The third-order valence-corrected chi connectivity index (χ3v) is 3.52. The van der Waals surface area contributed by atoms with Gasteiger partial charge in [-0.1, -0.05) is 15.9 Å². The Bertz CT molecular complexity index is 578. The molecule has 96 valence electrons. The van der Waals surface area contributed by atoms with Crippen LogP contribution in [0, 0.1) is 12.7 Å².